The first-order valence-electron chi connectivity index (χ1n) is 16.3. The average molecular weight is 648 g/mol. The van der Waals surface area contributed by atoms with E-state index in [4.69, 9.17) is 0 Å². The minimum Gasteiger partial charge on any atom is -0.310 e. The van der Waals surface area contributed by atoms with E-state index in [9.17, 15) is 8.42 Å². The molecule has 0 atom stereocenters. The van der Waals surface area contributed by atoms with Gasteiger partial charge in [-0.25, -0.2) is 13.4 Å². The number of anilines is 6. The minimum absolute atomic E-state index is 0.0457. The summed E-state index contributed by atoms with van der Waals surface area (Å²) in [5.41, 5.74) is 12.0. The molecule has 2 aliphatic heterocycles. The van der Waals surface area contributed by atoms with Crippen molar-refractivity contribution in [2.75, 3.05) is 9.80 Å². The lowest BCUT2D eigenvalue weighted by Gasteiger charge is -2.44. The first kappa shape index (κ1) is 30.2. The molecular weight excluding hydrogens is 611 g/mol. The van der Waals surface area contributed by atoms with Crippen LogP contribution in [0.3, 0.4) is 0 Å². The number of fused-ring (bicyclic) bond motifs is 4. The predicted octanol–water partition coefficient (Wildman–Crippen LogP) is 10.4. The lowest BCUT2D eigenvalue weighted by atomic mass is 9.72. The molecule has 2 aliphatic rings. The van der Waals surface area contributed by atoms with Crippen molar-refractivity contribution >= 4 is 44.0 Å². The predicted molar refractivity (Wildman–Crippen MR) is 194 cm³/mol. The molecule has 5 aromatic carbocycles. The maximum atomic E-state index is 13.5. The molecule has 0 radical (unpaired) electrons. The van der Waals surface area contributed by atoms with Gasteiger partial charge in [-0.05, 0) is 101 Å². The summed E-state index contributed by atoms with van der Waals surface area (Å²) in [4.78, 5) is 9.04. The van der Waals surface area contributed by atoms with E-state index in [1.165, 1.54) is 45.9 Å². The number of nitrogens with zero attached hydrogens (tertiary/aromatic N) is 3. The van der Waals surface area contributed by atoms with E-state index in [2.05, 4.69) is 133 Å². The van der Waals surface area contributed by atoms with Crippen molar-refractivity contribution in [1.82, 2.24) is 4.98 Å². The van der Waals surface area contributed by atoms with Crippen LogP contribution >= 0.6 is 0 Å². The number of pyridine rings is 1. The van der Waals surface area contributed by atoms with Crippen LogP contribution in [0.4, 0.5) is 34.1 Å². The lowest BCUT2D eigenvalue weighted by Crippen LogP contribution is -2.32. The van der Waals surface area contributed by atoms with E-state index >= 15 is 0 Å². The van der Waals surface area contributed by atoms with Gasteiger partial charge in [0.15, 0.2) is 5.03 Å². The van der Waals surface area contributed by atoms with Crippen LogP contribution in [0.2, 0.25) is 0 Å². The van der Waals surface area contributed by atoms with Gasteiger partial charge < -0.3 is 9.80 Å². The van der Waals surface area contributed by atoms with Gasteiger partial charge >= 0.3 is 0 Å². The van der Waals surface area contributed by atoms with Gasteiger partial charge in [-0.2, -0.15) is 0 Å². The number of rotatable bonds is 4. The Morgan fingerprint density at radius 2 is 1.02 bits per heavy atom. The highest BCUT2D eigenvalue weighted by Gasteiger charge is 2.40. The van der Waals surface area contributed by atoms with E-state index < -0.39 is 9.84 Å². The van der Waals surface area contributed by atoms with Gasteiger partial charge in [0.1, 0.15) is 0 Å². The van der Waals surface area contributed by atoms with Gasteiger partial charge in [-0.15, -0.1) is 0 Å². The molecule has 0 saturated carbocycles. The van der Waals surface area contributed by atoms with Crippen LogP contribution in [0.25, 0.3) is 0 Å². The van der Waals surface area contributed by atoms with Crippen LogP contribution < -0.4 is 9.80 Å². The van der Waals surface area contributed by atoms with Crippen molar-refractivity contribution in [3.05, 3.63) is 161 Å². The van der Waals surface area contributed by atoms with Crippen molar-refractivity contribution < 1.29 is 8.42 Å². The zero-order valence-electron chi connectivity index (χ0n) is 27.8. The molecule has 5 nitrogen and oxygen atoms in total. The van der Waals surface area contributed by atoms with Crippen molar-refractivity contribution in [3.8, 4) is 0 Å². The highest BCUT2D eigenvalue weighted by Crippen LogP contribution is 2.56. The molecule has 6 aromatic rings. The second-order valence-corrected chi connectivity index (χ2v) is 15.7. The van der Waals surface area contributed by atoms with Crippen LogP contribution in [-0.4, -0.2) is 13.4 Å². The Labute approximate surface area is 283 Å². The smallest absolute Gasteiger partial charge is 0.223 e. The third-order valence-corrected chi connectivity index (χ3v) is 11.9. The maximum Gasteiger partial charge on any atom is 0.223 e. The zero-order chi connectivity index (χ0) is 33.4. The highest BCUT2D eigenvalue weighted by molar-refractivity contribution is 7.91. The van der Waals surface area contributed by atoms with E-state index in [-0.39, 0.29) is 20.8 Å². The maximum absolute atomic E-state index is 13.5. The molecule has 8 rings (SSSR count). The molecule has 1 aromatic heterocycles. The van der Waals surface area contributed by atoms with Gasteiger partial charge in [-0.3, -0.25) is 0 Å². The molecule has 0 amide bonds. The van der Waals surface area contributed by atoms with Gasteiger partial charge in [0.05, 0.1) is 27.6 Å². The number of hydrogen-bond acceptors (Lipinski definition) is 5. The van der Waals surface area contributed by atoms with Crippen LogP contribution in [0.5, 0.6) is 0 Å². The molecule has 48 heavy (non-hydrogen) atoms. The first-order chi connectivity index (χ1) is 23.0. The number of aryl methyl sites for hydroxylation is 1. The fourth-order valence-corrected chi connectivity index (χ4v) is 8.99. The molecule has 0 bridgehead atoms. The van der Waals surface area contributed by atoms with Crippen LogP contribution in [0, 0.1) is 6.92 Å². The molecule has 238 valence electrons. The number of aromatic nitrogens is 1. The summed E-state index contributed by atoms with van der Waals surface area (Å²) in [7, 11) is -3.76. The number of sulfone groups is 1. The third kappa shape index (κ3) is 4.36. The molecule has 0 fully saturated rings. The SMILES string of the molecule is Cc1cc(S(=O)(=O)c2ccccn2)ccc1N1c2ccccc2C(C)(C)c2cc(N3c4ccccc4C(C)(C)c4ccccc43)ccc21. The standard InChI is InChI=1S/C42H37N3O2S/c1-28-26-30(48(46,47)40-20-12-13-25-43-40)22-24-35(28)45-38-19-11-8-16-33(38)42(4,5)34-27-29(21-23-39(34)45)44-36-17-9-6-14-31(36)41(2,3)32-15-7-10-18-37(32)44/h6-27H,1-5H3. The van der Waals surface area contributed by atoms with Crippen molar-refractivity contribution in [2.24, 2.45) is 0 Å². The summed E-state index contributed by atoms with van der Waals surface area (Å²) in [6, 6.07) is 43.1. The Hall–Kier alpha value is -5.20. The number of benzene rings is 5. The average Bonchev–Trinajstić information content (AvgIpc) is 3.10. The Kier molecular flexibility index (Phi) is 6.70. The summed E-state index contributed by atoms with van der Waals surface area (Å²) >= 11 is 0. The fraction of sp³-hybridized carbons (Fsp3) is 0.167. The Morgan fingerprint density at radius 3 is 1.58 bits per heavy atom. The molecular formula is C42H37N3O2S. The van der Waals surface area contributed by atoms with E-state index in [0.29, 0.717) is 0 Å². The highest BCUT2D eigenvalue weighted by atomic mass is 32.2. The number of para-hydroxylation sites is 3. The first-order valence-corrected chi connectivity index (χ1v) is 17.8. The Morgan fingerprint density at radius 1 is 0.521 bits per heavy atom. The van der Waals surface area contributed by atoms with Crippen LogP contribution in [0.15, 0.2) is 144 Å². The van der Waals surface area contributed by atoms with E-state index in [0.717, 1.165) is 28.3 Å². The Balaban J connectivity index is 1.31. The largest absolute Gasteiger partial charge is 0.310 e. The van der Waals surface area contributed by atoms with Crippen molar-refractivity contribution in [3.63, 3.8) is 0 Å². The summed E-state index contributed by atoms with van der Waals surface area (Å²) in [5.74, 6) is 0. The molecule has 3 heterocycles. The lowest BCUT2D eigenvalue weighted by molar-refractivity contribution is 0.592. The second kappa shape index (κ2) is 10.7. The quantitative estimate of drug-likeness (QED) is 0.191. The summed E-state index contributed by atoms with van der Waals surface area (Å²) < 4.78 is 27.0. The van der Waals surface area contributed by atoms with Gasteiger partial charge in [-0.1, -0.05) is 88.4 Å². The van der Waals surface area contributed by atoms with Gasteiger partial charge in [0, 0.05) is 28.4 Å². The van der Waals surface area contributed by atoms with Gasteiger partial charge in [0.2, 0.25) is 9.84 Å². The third-order valence-electron chi connectivity index (χ3n) is 10.2. The molecule has 0 aliphatic carbocycles. The van der Waals surface area contributed by atoms with Crippen molar-refractivity contribution in [2.45, 2.75) is 55.4 Å². The molecule has 0 unspecified atom stereocenters. The van der Waals surface area contributed by atoms with Gasteiger partial charge in [0.25, 0.3) is 0 Å². The summed E-state index contributed by atoms with van der Waals surface area (Å²) in [5, 5.41) is 0.0457. The van der Waals surface area contributed by atoms with E-state index in [1.807, 2.05) is 13.0 Å². The van der Waals surface area contributed by atoms with Crippen molar-refractivity contribution in [1.29, 1.82) is 0 Å². The zero-order valence-corrected chi connectivity index (χ0v) is 28.6. The molecule has 0 N–H and O–H groups in total. The summed E-state index contributed by atoms with van der Waals surface area (Å²) in [6.45, 7) is 11.2. The second-order valence-electron chi connectivity index (χ2n) is 13.8. The molecule has 6 heteroatoms. The number of hydrogen-bond donors (Lipinski definition) is 0. The normalized spacial score (nSPS) is 15.6. The van der Waals surface area contributed by atoms with Crippen LogP contribution in [0.1, 0.15) is 55.5 Å². The molecule has 0 saturated heterocycles. The fourth-order valence-electron chi connectivity index (χ4n) is 7.71. The minimum atomic E-state index is -3.76. The topological polar surface area (TPSA) is 53.5 Å². The monoisotopic (exact) mass is 647 g/mol. The summed E-state index contributed by atoms with van der Waals surface area (Å²) in [6.07, 6.45) is 1.51. The van der Waals surface area contributed by atoms with Crippen LogP contribution in [-0.2, 0) is 20.7 Å². The molecule has 0 spiro atoms. The van der Waals surface area contributed by atoms with E-state index in [1.54, 1.807) is 24.3 Å². The Bertz CT molecular complexity index is 2300.